The van der Waals surface area contributed by atoms with Crippen molar-refractivity contribution < 1.29 is 23.9 Å². The van der Waals surface area contributed by atoms with Crippen LogP contribution in [0.4, 0.5) is 0 Å². The summed E-state index contributed by atoms with van der Waals surface area (Å²) in [6.45, 7) is 6.03. The molecule has 33 heavy (non-hydrogen) atoms. The highest BCUT2D eigenvalue weighted by molar-refractivity contribution is 5.89. The summed E-state index contributed by atoms with van der Waals surface area (Å²) in [5, 5.41) is 3.17. The van der Waals surface area contributed by atoms with E-state index in [0.717, 1.165) is 37.7 Å². The standard InChI is InChI=1S/C26H38N2O5/c1-4-11-21(25(30)32-5-2)27-18(3)24(29)28-22-15-10-9-14-20(22)16-23(28)26(31)33-17-19-12-7-6-8-13-19/h6-8,12-13,18,20-23,27H,4-5,9-11,14-17H2,1-3H3/t18-,20+,21-,22+,23+/m0/s1. The zero-order chi connectivity index (χ0) is 23.8. The summed E-state index contributed by atoms with van der Waals surface area (Å²) in [7, 11) is 0. The fraction of sp³-hybridized carbons (Fsp3) is 0.654. The molecule has 182 valence electrons. The molecule has 0 bridgehead atoms. The fourth-order valence-corrected chi connectivity index (χ4v) is 5.21. The second-order valence-corrected chi connectivity index (χ2v) is 9.18. The Morgan fingerprint density at radius 2 is 1.82 bits per heavy atom. The summed E-state index contributed by atoms with van der Waals surface area (Å²) < 4.78 is 10.8. The molecule has 5 atom stereocenters. The number of carbonyl (C=O) groups is 3. The SMILES string of the molecule is CCC[C@H](N[C@@H](C)C(=O)N1[C@@H](C(=O)OCc2ccccc2)C[C@H]2CCCC[C@H]21)C(=O)OCC. The third-order valence-electron chi connectivity index (χ3n) is 6.81. The number of hydrogen-bond donors (Lipinski definition) is 1. The van der Waals surface area contributed by atoms with Crippen molar-refractivity contribution in [2.45, 2.75) is 96.5 Å². The molecule has 7 nitrogen and oxygen atoms in total. The molecule has 1 heterocycles. The van der Waals surface area contributed by atoms with Crippen molar-refractivity contribution in [3.63, 3.8) is 0 Å². The van der Waals surface area contributed by atoms with Crippen LogP contribution in [0.5, 0.6) is 0 Å². The minimum atomic E-state index is -0.601. The molecule has 0 aromatic heterocycles. The Bertz CT molecular complexity index is 799. The zero-order valence-corrected chi connectivity index (χ0v) is 20.1. The van der Waals surface area contributed by atoms with E-state index in [4.69, 9.17) is 9.47 Å². The highest BCUT2D eigenvalue weighted by Gasteiger charge is 2.49. The highest BCUT2D eigenvalue weighted by atomic mass is 16.5. The van der Waals surface area contributed by atoms with Gasteiger partial charge < -0.3 is 14.4 Å². The van der Waals surface area contributed by atoms with Gasteiger partial charge in [-0.3, -0.25) is 14.9 Å². The van der Waals surface area contributed by atoms with Crippen LogP contribution in [0.2, 0.25) is 0 Å². The van der Waals surface area contributed by atoms with Crippen LogP contribution in [0.3, 0.4) is 0 Å². The van der Waals surface area contributed by atoms with E-state index < -0.39 is 18.1 Å². The lowest BCUT2D eigenvalue weighted by Crippen LogP contribution is -2.55. The number of likely N-dealkylation sites (tertiary alicyclic amines) is 1. The summed E-state index contributed by atoms with van der Waals surface area (Å²) in [6, 6.07) is 7.91. The lowest BCUT2D eigenvalue weighted by atomic mass is 9.84. The molecule has 0 unspecified atom stereocenters. The van der Waals surface area contributed by atoms with Crippen molar-refractivity contribution in [2.24, 2.45) is 5.92 Å². The van der Waals surface area contributed by atoms with Crippen LogP contribution in [-0.2, 0) is 30.5 Å². The van der Waals surface area contributed by atoms with E-state index in [1.54, 1.807) is 18.7 Å². The number of benzene rings is 1. The number of hydrogen-bond acceptors (Lipinski definition) is 6. The molecule has 1 saturated heterocycles. The number of fused-ring (bicyclic) bond motifs is 1. The number of amides is 1. The maximum atomic E-state index is 13.6. The largest absolute Gasteiger partial charge is 0.465 e. The zero-order valence-electron chi connectivity index (χ0n) is 20.1. The van der Waals surface area contributed by atoms with Crippen molar-refractivity contribution in [3.05, 3.63) is 35.9 Å². The number of nitrogens with one attached hydrogen (secondary N) is 1. The van der Waals surface area contributed by atoms with E-state index in [9.17, 15) is 14.4 Å². The van der Waals surface area contributed by atoms with Gasteiger partial charge in [-0.1, -0.05) is 56.5 Å². The Morgan fingerprint density at radius 3 is 2.52 bits per heavy atom. The Labute approximate surface area is 197 Å². The van der Waals surface area contributed by atoms with Gasteiger partial charge >= 0.3 is 11.9 Å². The second-order valence-electron chi connectivity index (χ2n) is 9.18. The molecule has 7 heteroatoms. The Hall–Kier alpha value is -2.41. The van der Waals surface area contributed by atoms with Crippen LogP contribution in [0, 0.1) is 5.92 Å². The minimum Gasteiger partial charge on any atom is -0.465 e. The van der Waals surface area contributed by atoms with Crippen LogP contribution in [-0.4, -0.2) is 53.5 Å². The average Bonchev–Trinajstić information content (AvgIpc) is 3.22. The van der Waals surface area contributed by atoms with Gasteiger partial charge in [0, 0.05) is 6.04 Å². The van der Waals surface area contributed by atoms with E-state index in [2.05, 4.69) is 5.32 Å². The molecular formula is C26H38N2O5. The third-order valence-corrected chi connectivity index (χ3v) is 6.81. The van der Waals surface area contributed by atoms with Gasteiger partial charge in [-0.05, 0) is 51.0 Å². The Morgan fingerprint density at radius 1 is 1.09 bits per heavy atom. The molecule has 1 aromatic rings. The second kappa shape index (κ2) is 12.2. The van der Waals surface area contributed by atoms with Crippen molar-refractivity contribution in [1.29, 1.82) is 0 Å². The average molecular weight is 459 g/mol. The number of rotatable bonds is 10. The monoisotopic (exact) mass is 458 g/mol. The van der Waals surface area contributed by atoms with Crippen LogP contribution in [0.1, 0.15) is 71.3 Å². The summed E-state index contributed by atoms with van der Waals surface area (Å²) in [4.78, 5) is 40.8. The molecule has 0 spiro atoms. The molecular weight excluding hydrogens is 420 g/mol. The predicted octanol–water partition coefficient (Wildman–Crippen LogP) is 3.60. The van der Waals surface area contributed by atoms with Gasteiger partial charge in [0.2, 0.25) is 5.91 Å². The first-order valence-corrected chi connectivity index (χ1v) is 12.4. The van der Waals surface area contributed by atoms with Crippen molar-refractivity contribution in [3.8, 4) is 0 Å². The Balaban J connectivity index is 1.72. The molecule has 1 aliphatic carbocycles. The molecule has 3 rings (SSSR count). The van der Waals surface area contributed by atoms with Gasteiger partial charge in [-0.15, -0.1) is 0 Å². The quantitative estimate of drug-likeness (QED) is 0.539. The topological polar surface area (TPSA) is 84.9 Å². The number of ether oxygens (including phenoxy) is 2. The summed E-state index contributed by atoms with van der Waals surface area (Å²) >= 11 is 0. The maximum absolute atomic E-state index is 13.6. The normalized spacial score (nSPS) is 24.0. The van der Waals surface area contributed by atoms with Gasteiger partial charge in [0.05, 0.1) is 12.6 Å². The number of carbonyl (C=O) groups excluding carboxylic acids is 3. The van der Waals surface area contributed by atoms with Crippen molar-refractivity contribution in [2.75, 3.05) is 6.61 Å². The van der Waals surface area contributed by atoms with E-state index in [0.29, 0.717) is 25.4 Å². The first-order valence-electron chi connectivity index (χ1n) is 12.4. The van der Waals surface area contributed by atoms with E-state index in [-0.39, 0.29) is 30.5 Å². The Kier molecular flexibility index (Phi) is 9.30. The van der Waals surface area contributed by atoms with Gasteiger partial charge in [0.15, 0.2) is 0 Å². The predicted molar refractivity (Wildman–Crippen MR) is 125 cm³/mol. The van der Waals surface area contributed by atoms with E-state index >= 15 is 0 Å². The lowest BCUT2D eigenvalue weighted by Gasteiger charge is -2.35. The van der Waals surface area contributed by atoms with Gasteiger partial charge in [-0.25, -0.2) is 4.79 Å². The van der Waals surface area contributed by atoms with Crippen LogP contribution in [0.15, 0.2) is 30.3 Å². The summed E-state index contributed by atoms with van der Waals surface area (Å²) in [5.41, 5.74) is 0.922. The minimum absolute atomic E-state index is 0.0528. The molecule has 1 aromatic carbocycles. The highest BCUT2D eigenvalue weighted by Crippen LogP contribution is 2.40. The first-order chi connectivity index (χ1) is 16.0. The van der Waals surface area contributed by atoms with Crippen molar-refractivity contribution in [1.82, 2.24) is 10.2 Å². The molecule has 1 aliphatic heterocycles. The van der Waals surface area contributed by atoms with Gasteiger partial charge in [0.1, 0.15) is 18.7 Å². The van der Waals surface area contributed by atoms with Gasteiger partial charge in [-0.2, -0.15) is 0 Å². The first kappa shape index (κ1) is 25.2. The molecule has 2 aliphatic rings. The molecule has 1 amide bonds. The van der Waals surface area contributed by atoms with Crippen molar-refractivity contribution >= 4 is 17.8 Å². The van der Waals surface area contributed by atoms with Crippen LogP contribution >= 0.6 is 0 Å². The lowest BCUT2D eigenvalue weighted by molar-refractivity contribution is -0.157. The fourth-order valence-electron chi connectivity index (χ4n) is 5.21. The molecule has 1 N–H and O–H groups in total. The number of nitrogens with zero attached hydrogens (tertiary/aromatic N) is 1. The van der Waals surface area contributed by atoms with E-state index in [1.165, 1.54) is 0 Å². The van der Waals surface area contributed by atoms with Crippen LogP contribution in [0.25, 0.3) is 0 Å². The van der Waals surface area contributed by atoms with Crippen LogP contribution < -0.4 is 5.32 Å². The molecule has 2 fully saturated rings. The number of esters is 2. The summed E-state index contributed by atoms with van der Waals surface area (Å²) in [5.74, 6) is -0.503. The van der Waals surface area contributed by atoms with E-state index in [1.807, 2.05) is 37.3 Å². The molecule has 1 saturated carbocycles. The smallest absolute Gasteiger partial charge is 0.329 e. The molecule has 0 radical (unpaired) electrons. The third kappa shape index (κ3) is 6.34. The van der Waals surface area contributed by atoms with Gasteiger partial charge in [0.25, 0.3) is 0 Å². The maximum Gasteiger partial charge on any atom is 0.329 e. The summed E-state index contributed by atoms with van der Waals surface area (Å²) in [6.07, 6.45) is 6.14.